The topological polar surface area (TPSA) is 61.5 Å². The molecule has 2 rings (SSSR count). The first-order valence-electron chi connectivity index (χ1n) is 7.66. The molecule has 0 bridgehead atoms. The van der Waals surface area contributed by atoms with Crippen LogP contribution in [0.25, 0.3) is 0 Å². The lowest BCUT2D eigenvalue weighted by atomic mass is 9.78. The number of carbonyl (C=O) groups is 1. The molecule has 0 saturated heterocycles. The van der Waals surface area contributed by atoms with Crippen molar-refractivity contribution in [3.05, 3.63) is 30.3 Å². The van der Waals surface area contributed by atoms with Gasteiger partial charge in [-0.15, -0.1) is 0 Å². The predicted molar refractivity (Wildman–Crippen MR) is 82.0 cm³/mol. The smallest absolute Gasteiger partial charge is 0.313 e. The van der Waals surface area contributed by atoms with Crippen LogP contribution in [0.4, 0.5) is 0 Å². The number of methoxy groups -OCH3 is 1. The van der Waals surface area contributed by atoms with Crippen LogP contribution in [0.2, 0.25) is 0 Å². The van der Waals surface area contributed by atoms with Gasteiger partial charge >= 0.3 is 5.97 Å². The quantitative estimate of drug-likeness (QED) is 0.561. The number of nitrogens with two attached hydrogens (primary N) is 1. The Labute approximate surface area is 126 Å². The lowest BCUT2D eigenvalue weighted by Gasteiger charge is -2.29. The summed E-state index contributed by atoms with van der Waals surface area (Å²) in [5.74, 6) is 1.33. The van der Waals surface area contributed by atoms with Crippen molar-refractivity contribution in [3.8, 4) is 5.75 Å². The summed E-state index contributed by atoms with van der Waals surface area (Å²) >= 11 is 0. The Morgan fingerprint density at radius 2 is 2.05 bits per heavy atom. The van der Waals surface area contributed by atoms with Crippen LogP contribution in [0.5, 0.6) is 5.75 Å². The minimum absolute atomic E-state index is 0.170. The lowest BCUT2D eigenvalue weighted by molar-refractivity contribution is -0.153. The number of carbonyl (C=O) groups excluding carboxylic acids is 1. The van der Waals surface area contributed by atoms with E-state index in [4.69, 9.17) is 15.2 Å². The Morgan fingerprint density at radius 3 is 2.62 bits per heavy atom. The average molecular weight is 291 g/mol. The summed E-state index contributed by atoms with van der Waals surface area (Å²) in [6.45, 7) is 0.939. The molecule has 2 N–H and O–H groups in total. The molecule has 116 valence electrons. The van der Waals surface area contributed by atoms with Gasteiger partial charge in [0, 0.05) is 6.54 Å². The normalized spacial score (nSPS) is 17.0. The van der Waals surface area contributed by atoms with Crippen LogP contribution in [0, 0.1) is 11.3 Å². The van der Waals surface area contributed by atoms with Crippen molar-refractivity contribution in [1.29, 1.82) is 0 Å². The van der Waals surface area contributed by atoms with Crippen LogP contribution < -0.4 is 10.5 Å². The Hall–Kier alpha value is -1.55. The Balaban J connectivity index is 1.84. The van der Waals surface area contributed by atoms with Gasteiger partial charge in [0.05, 0.1) is 19.1 Å². The number of ether oxygens (including phenoxy) is 2. The van der Waals surface area contributed by atoms with Gasteiger partial charge in [0.1, 0.15) is 5.75 Å². The number of para-hydroxylation sites is 1. The largest absolute Gasteiger partial charge is 0.494 e. The molecule has 0 heterocycles. The van der Waals surface area contributed by atoms with Gasteiger partial charge < -0.3 is 15.2 Å². The molecule has 1 unspecified atom stereocenters. The molecular weight excluding hydrogens is 266 g/mol. The minimum Gasteiger partial charge on any atom is -0.494 e. The number of hydrogen-bond acceptors (Lipinski definition) is 4. The van der Waals surface area contributed by atoms with Crippen LogP contribution in [0.15, 0.2) is 30.3 Å². The Kier molecular flexibility index (Phi) is 5.62. The second kappa shape index (κ2) is 7.46. The van der Waals surface area contributed by atoms with Gasteiger partial charge in [-0.1, -0.05) is 31.0 Å². The SMILES string of the molecule is COC(=O)C(CN)(CCCOc1ccccc1)CC1CC1. The molecule has 1 atom stereocenters. The highest BCUT2D eigenvalue weighted by Crippen LogP contribution is 2.43. The van der Waals surface area contributed by atoms with Gasteiger partial charge in [0.2, 0.25) is 0 Å². The summed E-state index contributed by atoms with van der Waals surface area (Å²) in [5, 5.41) is 0. The van der Waals surface area contributed by atoms with E-state index in [2.05, 4.69) is 0 Å². The van der Waals surface area contributed by atoms with Gasteiger partial charge in [-0.3, -0.25) is 4.79 Å². The zero-order valence-corrected chi connectivity index (χ0v) is 12.7. The number of esters is 1. The number of hydrogen-bond donors (Lipinski definition) is 1. The van der Waals surface area contributed by atoms with Crippen LogP contribution >= 0.6 is 0 Å². The third-order valence-electron chi connectivity index (χ3n) is 4.20. The molecule has 1 fully saturated rings. The zero-order chi connectivity index (χ0) is 15.1. The third-order valence-corrected chi connectivity index (χ3v) is 4.20. The van der Waals surface area contributed by atoms with E-state index in [1.165, 1.54) is 20.0 Å². The van der Waals surface area contributed by atoms with Crippen molar-refractivity contribution < 1.29 is 14.3 Å². The fourth-order valence-electron chi connectivity index (χ4n) is 2.76. The summed E-state index contributed by atoms with van der Waals surface area (Å²) in [5.41, 5.74) is 5.38. The Bertz CT molecular complexity index is 445. The first-order valence-corrected chi connectivity index (χ1v) is 7.66. The molecule has 0 aromatic heterocycles. The van der Waals surface area contributed by atoms with Gasteiger partial charge in [0.25, 0.3) is 0 Å². The molecular formula is C17H25NO3. The maximum absolute atomic E-state index is 12.1. The molecule has 1 aliphatic carbocycles. The molecule has 0 spiro atoms. The molecule has 1 aliphatic rings. The second-order valence-corrected chi connectivity index (χ2v) is 5.89. The molecule has 4 nitrogen and oxygen atoms in total. The van der Waals surface area contributed by atoms with Crippen molar-refractivity contribution in [2.24, 2.45) is 17.1 Å². The number of benzene rings is 1. The highest BCUT2D eigenvalue weighted by molar-refractivity contribution is 5.77. The molecule has 4 heteroatoms. The monoisotopic (exact) mass is 291 g/mol. The van der Waals surface area contributed by atoms with Crippen molar-refractivity contribution in [3.63, 3.8) is 0 Å². The summed E-state index contributed by atoms with van der Waals surface area (Å²) < 4.78 is 10.7. The van der Waals surface area contributed by atoms with E-state index in [-0.39, 0.29) is 5.97 Å². The van der Waals surface area contributed by atoms with Gasteiger partial charge in [-0.25, -0.2) is 0 Å². The van der Waals surface area contributed by atoms with Gasteiger partial charge in [-0.2, -0.15) is 0 Å². The van der Waals surface area contributed by atoms with Crippen LogP contribution in [-0.2, 0) is 9.53 Å². The molecule has 1 aromatic rings. The second-order valence-electron chi connectivity index (χ2n) is 5.89. The molecule has 0 radical (unpaired) electrons. The number of rotatable bonds is 9. The van der Waals surface area contributed by atoms with Crippen molar-refractivity contribution >= 4 is 5.97 Å². The van der Waals surface area contributed by atoms with Gasteiger partial charge in [-0.05, 0) is 37.3 Å². The molecule has 1 saturated carbocycles. The summed E-state index contributed by atoms with van der Waals surface area (Å²) in [6.07, 6.45) is 4.79. The highest BCUT2D eigenvalue weighted by atomic mass is 16.5. The molecule has 0 aliphatic heterocycles. The van der Waals surface area contributed by atoms with Crippen molar-refractivity contribution in [2.45, 2.75) is 32.1 Å². The highest BCUT2D eigenvalue weighted by Gasteiger charge is 2.42. The van der Waals surface area contributed by atoms with Crippen LogP contribution in [0.1, 0.15) is 32.1 Å². The van der Waals surface area contributed by atoms with E-state index in [9.17, 15) is 4.79 Å². The molecule has 1 aromatic carbocycles. The van der Waals surface area contributed by atoms with Crippen LogP contribution in [0.3, 0.4) is 0 Å². The minimum atomic E-state index is -0.532. The Morgan fingerprint density at radius 1 is 1.33 bits per heavy atom. The zero-order valence-electron chi connectivity index (χ0n) is 12.7. The fraction of sp³-hybridized carbons (Fsp3) is 0.588. The maximum atomic E-state index is 12.1. The van der Waals surface area contributed by atoms with E-state index in [1.54, 1.807) is 0 Å². The standard InChI is InChI=1S/C17H25NO3/c1-20-16(19)17(13-18,12-14-8-9-14)10-5-11-21-15-6-3-2-4-7-15/h2-4,6-7,14H,5,8-13,18H2,1H3. The maximum Gasteiger partial charge on any atom is 0.313 e. The predicted octanol–water partition coefficient (Wildman–Crippen LogP) is 2.76. The summed E-state index contributed by atoms with van der Waals surface area (Å²) in [4.78, 5) is 12.1. The van der Waals surface area contributed by atoms with E-state index in [0.717, 1.165) is 25.0 Å². The van der Waals surface area contributed by atoms with E-state index in [1.807, 2.05) is 30.3 Å². The first kappa shape index (κ1) is 15.8. The fourth-order valence-corrected chi connectivity index (χ4v) is 2.76. The van der Waals surface area contributed by atoms with Crippen LogP contribution in [-0.4, -0.2) is 26.2 Å². The van der Waals surface area contributed by atoms with E-state index < -0.39 is 5.41 Å². The lowest BCUT2D eigenvalue weighted by Crippen LogP contribution is -2.40. The summed E-state index contributed by atoms with van der Waals surface area (Å²) in [6, 6.07) is 9.71. The first-order chi connectivity index (χ1) is 10.2. The van der Waals surface area contributed by atoms with E-state index >= 15 is 0 Å². The van der Waals surface area contributed by atoms with Crippen molar-refractivity contribution in [2.75, 3.05) is 20.3 Å². The molecule has 21 heavy (non-hydrogen) atoms. The third kappa shape index (κ3) is 4.46. The summed E-state index contributed by atoms with van der Waals surface area (Å²) in [7, 11) is 1.44. The van der Waals surface area contributed by atoms with Gasteiger partial charge in [0.15, 0.2) is 0 Å². The van der Waals surface area contributed by atoms with E-state index in [0.29, 0.717) is 19.1 Å². The molecule has 0 amide bonds. The average Bonchev–Trinajstić information content (AvgIpc) is 3.34. The van der Waals surface area contributed by atoms with Crippen molar-refractivity contribution in [1.82, 2.24) is 0 Å².